The zero-order valence-electron chi connectivity index (χ0n) is 9.53. The van der Waals surface area contributed by atoms with Gasteiger partial charge in [0.15, 0.2) is 0 Å². The van der Waals surface area contributed by atoms with Gasteiger partial charge < -0.3 is 15.4 Å². The Morgan fingerprint density at radius 1 is 1.38 bits per heavy atom. The van der Waals surface area contributed by atoms with Gasteiger partial charge in [0, 0.05) is 29.7 Å². The van der Waals surface area contributed by atoms with E-state index in [2.05, 4.69) is 41.5 Å². The van der Waals surface area contributed by atoms with Gasteiger partial charge in [-0.2, -0.15) is 0 Å². The zero-order chi connectivity index (χ0) is 11.4. The third-order valence-corrected chi connectivity index (χ3v) is 2.98. The second kappa shape index (κ2) is 5.14. The SMILES string of the molecule is CC[C@H](CO)NCc1cccc2[nH]ccc12. The smallest absolute Gasteiger partial charge is 0.0584 e. The standard InChI is InChI=1S/C13H18N2O/c1-2-11(9-16)15-8-10-4-3-5-13-12(10)6-7-14-13/h3-7,11,14-16H,2,8-9H2,1H3/t11-/m1/s1. The van der Waals surface area contributed by atoms with Crippen LogP contribution in [0.15, 0.2) is 30.5 Å². The topological polar surface area (TPSA) is 48.0 Å². The summed E-state index contributed by atoms with van der Waals surface area (Å²) in [6.07, 6.45) is 2.90. The third kappa shape index (κ3) is 2.26. The fraction of sp³-hybridized carbons (Fsp3) is 0.385. The van der Waals surface area contributed by atoms with Gasteiger partial charge >= 0.3 is 0 Å². The van der Waals surface area contributed by atoms with E-state index in [4.69, 9.17) is 5.11 Å². The minimum atomic E-state index is 0.189. The van der Waals surface area contributed by atoms with Gasteiger partial charge in [0.1, 0.15) is 0 Å². The normalized spacial score (nSPS) is 13.1. The maximum atomic E-state index is 9.11. The highest BCUT2D eigenvalue weighted by atomic mass is 16.3. The Morgan fingerprint density at radius 3 is 3.00 bits per heavy atom. The van der Waals surface area contributed by atoms with Crippen molar-refractivity contribution in [2.75, 3.05) is 6.61 Å². The Morgan fingerprint density at radius 2 is 2.25 bits per heavy atom. The van der Waals surface area contributed by atoms with Crippen LogP contribution >= 0.6 is 0 Å². The lowest BCUT2D eigenvalue weighted by Crippen LogP contribution is -2.31. The molecular weight excluding hydrogens is 200 g/mol. The molecule has 0 aliphatic rings. The summed E-state index contributed by atoms with van der Waals surface area (Å²) in [6, 6.07) is 8.52. The average Bonchev–Trinajstić information content (AvgIpc) is 2.79. The summed E-state index contributed by atoms with van der Waals surface area (Å²) in [5, 5.41) is 13.7. The molecule has 0 radical (unpaired) electrons. The number of aliphatic hydroxyl groups excluding tert-OH is 1. The van der Waals surface area contributed by atoms with Crippen LogP contribution in [0.25, 0.3) is 10.9 Å². The monoisotopic (exact) mass is 218 g/mol. The molecular formula is C13H18N2O. The highest BCUT2D eigenvalue weighted by Crippen LogP contribution is 2.17. The van der Waals surface area contributed by atoms with Crippen LogP contribution in [0.3, 0.4) is 0 Å². The second-order valence-electron chi connectivity index (χ2n) is 4.02. The number of benzene rings is 1. The quantitative estimate of drug-likeness (QED) is 0.719. The molecule has 86 valence electrons. The molecule has 0 spiro atoms. The van der Waals surface area contributed by atoms with Crippen LogP contribution < -0.4 is 5.32 Å². The van der Waals surface area contributed by atoms with Crippen molar-refractivity contribution in [1.82, 2.24) is 10.3 Å². The van der Waals surface area contributed by atoms with Crippen molar-refractivity contribution in [3.63, 3.8) is 0 Å². The molecule has 0 aliphatic heterocycles. The van der Waals surface area contributed by atoms with Gasteiger partial charge in [-0.05, 0) is 24.1 Å². The molecule has 0 aliphatic carbocycles. The van der Waals surface area contributed by atoms with E-state index in [1.54, 1.807) is 0 Å². The van der Waals surface area contributed by atoms with E-state index in [1.165, 1.54) is 10.9 Å². The summed E-state index contributed by atoms with van der Waals surface area (Å²) in [4.78, 5) is 3.20. The predicted molar refractivity (Wildman–Crippen MR) is 66.3 cm³/mol. The molecule has 0 fully saturated rings. The third-order valence-electron chi connectivity index (χ3n) is 2.98. The number of hydrogen-bond donors (Lipinski definition) is 3. The van der Waals surface area contributed by atoms with Gasteiger partial charge in [-0.1, -0.05) is 19.1 Å². The average molecular weight is 218 g/mol. The molecule has 16 heavy (non-hydrogen) atoms. The van der Waals surface area contributed by atoms with E-state index >= 15 is 0 Å². The van der Waals surface area contributed by atoms with Gasteiger partial charge in [-0.3, -0.25) is 0 Å². The van der Waals surface area contributed by atoms with Crippen LogP contribution in [-0.4, -0.2) is 22.7 Å². The van der Waals surface area contributed by atoms with E-state index in [9.17, 15) is 0 Å². The van der Waals surface area contributed by atoms with Crippen molar-refractivity contribution in [2.45, 2.75) is 25.9 Å². The molecule has 1 atom stereocenters. The number of H-pyrrole nitrogens is 1. The van der Waals surface area contributed by atoms with E-state index in [0.717, 1.165) is 18.5 Å². The van der Waals surface area contributed by atoms with Crippen LogP contribution in [0.5, 0.6) is 0 Å². The first kappa shape index (κ1) is 11.2. The first-order valence-electron chi connectivity index (χ1n) is 5.74. The summed E-state index contributed by atoms with van der Waals surface area (Å²) in [5.41, 5.74) is 2.43. The molecule has 0 saturated carbocycles. The lowest BCUT2D eigenvalue weighted by Gasteiger charge is -2.14. The maximum absolute atomic E-state index is 9.11. The molecule has 3 N–H and O–H groups in total. The number of nitrogens with one attached hydrogen (secondary N) is 2. The fourth-order valence-electron chi connectivity index (χ4n) is 1.90. The Kier molecular flexibility index (Phi) is 3.59. The van der Waals surface area contributed by atoms with Gasteiger partial charge in [0.25, 0.3) is 0 Å². The fourth-order valence-corrected chi connectivity index (χ4v) is 1.90. The van der Waals surface area contributed by atoms with E-state index < -0.39 is 0 Å². The van der Waals surface area contributed by atoms with E-state index in [0.29, 0.717) is 0 Å². The lowest BCUT2D eigenvalue weighted by atomic mass is 10.1. The molecule has 0 unspecified atom stereocenters. The van der Waals surface area contributed by atoms with Crippen molar-refractivity contribution in [3.8, 4) is 0 Å². The molecule has 3 heteroatoms. The molecule has 1 aromatic heterocycles. The second-order valence-corrected chi connectivity index (χ2v) is 4.02. The van der Waals surface area contributed by atoms with Gasteiger partial charge in [-0.25, -0.2) is 0 Å². The summed E-state index contributed by atoms with van der Waals surface area (Å²) in [5.74, 6) is 0. The number of aromatic amines is 1. The Bertz CT molecular complexity index is 446. The summed E-state index contributed by atoms with van der Waals surface area (Å²) in [7, 11) is 0. The predicted octanol–water partition coefficient (Wildman–Crippen LogP) is 2.03. The van der Waals surface area contributed by atoms with Crippen molar-refractivity contribution in [3.05, 3.63) is 36.0 Å². The van der Waals surface area contributed by atoms with Crippen LogP contribution in [0, 0.1) is 0 Å². The van der Waals surface area contributed by atoms with Crippen LogP contribution in [-0.2, 0) is 6.54 Å². The molecule has 1 heterocycles. The Labute approximate surface area is 95.5 Å². The number of aliphatic hydroxyl groups is 1. The minimum Gasteiger partial charge on any atom is -0.395 e. The highest BCUT2D eigenvalue weighted by Gasteiger charge is 2.05. The Hall–Kier alpha value is -1.32. The summed E-state index contributed by atoms with van der Waals surface area (Å²) in [6.45, 7) is 3.07. The van der Waals surface area contributed by atoms with E-state index in [1.807, 2.05) is 6.20 Å². The number of rotatable bonds is 5. The number of aromatic nitrogens is 1. The first-order chi connectivity index (χ1) is 7.85. The number of hydrogen-bond acceptors (Lipinski definition) is 2. The lowest BCUT2D eigenvalue weighted by molar-refractivity contribution is 0.238. The van der Waals surface area contributed by atoms with E-state index in [-0.39, 0.29) is 12.6 Å². The minimum absolute atomic E-state index is 0.189. The molecule has 0 bridgehead atoms. The molecule has 3 nitrogen and oxygen atoms in total. The maximum Gasteiger partial charge on any atom is 0.0584 e. The largest absolute Gasteiger partial charge is 0.395 e. The van der Waals surface area contributed by atoms with Gasteiger partial charge in [-0.15, -0.1) is 0 Å². The van der Waals surface area contributed by atoms with Gasteiger partial charge in [0.2, 0.25) is 0 Å². The molecule has 0 amide bonds. The van der Waals surface area contributed by atoms with Gasteiger partial charge in [0.05, 0.1) is 6.61 Å². The Balaban J connectivity index is 2.11. The van der Waals surface area contributed by atoms with Crippen molar-refractivity contribution >= 4 is 10.9 Å². The molecule has 0 saturated heterocycles. The summed E-state index contributed by atoms with van der Waals surface area (Å²) >= 11 is 0. The first-order valence-corrected chi connectivity index (χ1v) is 5.74. The highest BCUT2D eigenvalue weighted by molar-refractivity contribution is 5.82. The van der Waals surface area contributed by atoms with Crippen LogP contribution in [0.1, 0.15) is 18.9 Å². The van der Waals surface area contributed by atoms with Crippen LogP contribution in [0.4, 0.5) is 0 Å². The van der Waals surface area contributed by atoms with Crippen molar-refractivity contribution in [1.29, 1.82) is 0 Å². The van der Waals surface area contributed by atoms with Crippen molar-refractivity contribution in [2.24, 2.45) is 0 Å². The molecule has 2 aromatic rings. The summed E-state index contributed by atoms with van der Waals surface area (Å²) < 4.78 is 0. The molecule has 2 rings (SSSR count). The molecule has 1 aromatic carbocycles. The van der Waals surface area contributed by atoms with Crippen molar-refractivity contribution < 1.29 is 5.11 Å². The number of fused-ring (bicyclic) bond motifs is 1. The zero-order valence-corrected chi connectivity index (χ0v) is 9.53. The van der Waals surface area contributed by atoms with Crippen LogP contribution in [0.2, 0.25) is 0 Å².